The fraction of sp³-hybridized carbons (Fsp3) is 0.455. The van der Waals surface area contributed by atoms with Crippen LogP contribution in [-0.4, -0.2) is 15.7 Å². The Morgan fingerprint density at radius 3 is 2.81 bits per heavy atom. The van der Waals surface area contributed by atoms with Crippen molar-refractivity contribution >= 4 is 23.1 Å². The minimum atomic E-state index is -0.209. The molecular formula is C22H24N4O. The average molecular weight is 360 g/mol. The number of hydrogen-bond acceptors (Lipinski definition) is 3. The number of carbonyl (C=O) groups excluding carboxylic acids is 1. The van der Waals surface area contributed by atoms with Gasteiger partial charge in [0.1, 0.15) is 5.82 Å². The zero-order valence-corrected chi connectivity index (χ0v) is 16.2. The number of fused-ring (bicyclic) bond motifs is 2. The van der Waals surface area contributed by atoms with Crippen LogP contribution < -0.4 is 10.2 Å². The van der Waals surface area contributed by atoms with Gasteiger partial charge in [-0.2, -0.15) is 5.10 Å². The van der Waals surface area contributed by atoms with E-state index in [0.29, 0.717) is 36.1 Å². The lowest BCUT2D eigenvalue weighted by atomic mass is 9.24. The lowest BCUT2D eigenvalue weighted by Crippen LogP contribution is -2.78. The second-order valence-corrected chi connectivity index (χ2v) is 8.76. The van der Waals surface area contributed by atoms with Crippen molar-refractivity contribution in [3.05, 3.63) is 47.2 Å². The first kappa shape index (κ1) is 15.5. The van der Waals surface area contributed by atoms with Crippen LogP contribution in [0.4, 0.5) is 17.2 Å². The van der Waals surface area contributed by atoms with Crippen molar-refractivity contribution in [2.45, 2.75) is 27.3 Å². The summed E-state index contributed by atoms with van der Waals surface area (Å²) in [5.41, 5.74) is 5.93. The number of nitrogens with zero attached hydrogens (tertiary/aromatic N) is 3. The van der Waals surface area contributed by atoms with Gasteiger partial charge < -0.3 is 10.2 Å². The van der Waals surface area contributed by atoms with Gasteiger partial charge in [0.25, 0.3) is 0 Å². The third kappa shape index (κ3) is 1.48. The Balaban J connectivity index is 1.47. The highest BCUT2D eigenvalue weighted by Gasteiger charge is 2.80. The van der Waals surface area contributed by atoms with Crippen molar-refractivity contribution in [3.63, 3.8) is 0 Å². The van der Waals surface area contributed by atoms with Gasteiger partial charge in [-0.1, -0.05) is 37.1 Å². The number of benzene rings is 1. The van der Waals surface area contributed by atoms with Crippen LogP contribution in [-0.2, 0) is 18.4 Å². The van der Waals surface area contributed by atoms with E-state index < -0.39 is 0 Å². The molecule has 0 spiro atoms. The number of aromatic nitrogens is 2. The number of rotatable bonds is 1. The Hall–Kier alpha value is -2.56. The fourth-order valence-electron chi connectivity index (χ4n) is 6.79. The van der Waals surface area contributed by atoms with Crippen LogP contribution in [0.1, 0.15) is 26.3 Å². The molecule has 1 aromatic carbocycles. The van der Waals surface area contributed by atoms with Crippen LogP contribution in [0.2, 0.25) is 0 Å². The van der Waals surface area contributed by atoms with Crippen LogP contribution in [0.25, 0.3) is 0 Å². The van der Waals surface area contributed by atoms with E-state index >= 15 is 0 Å². The van der Waals surface area contributed by atoms with Gasteiger partial charge in [0, 0.05) is 18.5 Å². The third-order valence-corrected chi connectivity index (χ3v) is 8.05. The summed E-state index contributed by atoms with van der Waals surface area (Å²) in [5.74, 6) is 3.19. The van der Waals surface area contributed by atoms with Crippen LogP contribution in [0.5, 0.6) is 0 Å². The third-order valence-electron chi connectivity index (χ3n) is 8.05. The van der Waals surface area contributed by atoms with Gasteiger partial charge in [0.05, 0.1) is 29.5 Å². The minimum Gasteiger partial charge on any atom is -0.338 e. The Kier molecular flexibility index (Phi) is 2.66. The van der Waals surface area contributed by atoms with E-state index in [2.05, 4.69) is 37.3 Å². The summed E-state index contributed by atoms with van der Waals surface area (Å²) in [6.45, 7) is 7.38. The van der Waals surface area contributed by atoms with Crippen molar-refractivity contribution in [1.29, 1.82) is 0 Å². The van der Waals surface area contributed by atoms with E-state index in [1.807, 2.05) is 41.0 Å². The van der Waals surface area contributed by atoms with Gasteiger partial charge in [-0.05, 0) is 36.8 Å². The number of para-hydroxylation sites is 2. The minimum absolute atomic E-state index is 0.209. The molecule has 5 unspecified atom stereocenters. The number of anilines is 3. The monoisotopic (exact) mass is 360 g/mol. The summed E-state index contributed by atoms with van der Waals surface area (Å²) in [6, 6.07) is 8.13. The van der Waals surface area contributed by atoms with E-state index in [1.54, 1.807) is 11.1 Å². The number of hydrogen-bond donors (Lipinski definition) is 1. The first-order valence-electron chi connectivity index (χ1n) is 9.87. The number of amides is 1. The summed E-state index contributed by atoms with van der Waals surface area (Å²) < 4.78 is 1.85. The molecule has 2 heterocycles. The molecule has 4 aliphatic rings. The highest BCUT2D eigenvalue weighted by Crippen LogP contribution is 2.81. The van der Waals surface area contributed by atoms with E-state index in [9.17, 15) is 4.79 Å². The zero-order chi connectivity index (χ0) is 18.7. The summed E-state index contributed by atoms with van der Waals surface area (Å²) in [7, 11) is 1.94. The quantitative estimate of drug-likeness (QED) is 0.786. The van der Waals surface area contributed by atoms with Crippen molar-refractivity contribution in [3.8, 4) is 0 Å². The molecular weight excluding hydrogens is 336 g/mol. The normalized spacial score (nSPS) is 34.9. The molecule has 0 bridgehead atoms. The molecule has 1 N–H and O–H groups in total. The first-order chi connectivity index (χ1) is 13.0. The van der Waals surface area contributed by atoms with E-state index in [-0.39, 0.29) is 5.41 Å². The average Bonchev–Trinajstić information content (AvgIpc) is 2.88. The van der Waals surface area contributed by atoms with Gasteiger partial charge in [-0.3, -0.25) is 9.48 Å². The zero-order valence-electron chi connectivity index (χ0n) is 16.2. The predicted octanol–water partition coefficient (Wildman–Crippen LogP) is 3.86. The lowest BCUT2D eigenvalue weighted by Gasteiger charge is -2.78. The van der Waals surface area contributed by atoms with Gasteiger partial charge in [0.2, 0.25) is 5.91 Å². The molecule has 138 valence electrons. The Morgan fingerprint density at radius 1 is 1.30 bits per heavy atom. The molecule has 1 aliphatic heterocycles. The van der Waals surface area contributed by atoms with E-state index in [0.717, 1.165) is 22.8 Å². The predicted molar refractivity (Wildman–Crippen MR) is 105 cm³/mol. The molecule has 2 aromatic rings. The molecule has 0 saturated heterocycles. The van der Waals surface area contributed by atoms with Gasteiger partial charge in [-0.15, -0.1) is 0 Å². The van der Waals surface area contributed by atoms with Crippen molar-refractivity contribution in [1.82, 2.24) is 9.78 Å². The maximum absolute atomic E-state index is 14.0. The summed E-state index contributed by atoms with van der Waals surface area (Å²) in [5, 5.41) is 7.90. The molecule has 3 aliphatic carbocycles. The number of aryl methyl sites for hydroxylation is 1. The van der Waals surface area contributed by atoms with Gasteiger partial charge >= 0.3 is 0 Å². The Morgan fingerprint density at radius 2 is 2.07 bits per heavy atom. The SMILES string of the molecule is CC1=C2C(C)C3(C(=O)N4Cc5cnn(C)c5Nc5ccccc54)C(C)C1C23. The van der Waals surface area contributed by atoms with Crippen LogP contribution in [0, 0.1) is 29.1 Å². The number of nitrogens with one attached hydrogen (secondary N) is 1. The highest BCUT2D eigenvalue weighted by atomic mass is 16.2. The van der Waals surface area contributed by atoms with Crippen molar-refractivity contribution < 1.29 is 4.79 Å². The van der Waals surface area contributed by atoms with E-state index in [4.69, 9.17) is 0 Å². The molecule has 27 heavy (non-hydrogen) atoms. The van der Waals surface area contributed by atoms with Crippen molar-refractivity contribution in [2.75, 3.05) is 10.2 Å². The maximum atomic E-state index is 14.0. The van der Waals surface area contributed by atoms with Crippen molar-refractivity contribution in [2.24, 2.45) is 36.1 Å². The Bertz CT molecular complexity index is 1050. The van der Waals surface area contributed by atoms with Gasteiger partial charge in [0.15, 0.2) is 0 Å². The van der Waals surface area contributed by atoms with Crippen LogP contribution in [0.3, 0.4) is 0 Å². The molecule has 5 atom stereocenters. The Labute approximate surface area is 159 Å². The van der Waals surface area contributed by atoms with Crippen LogP contribution >= 0.6 is 0 Å². The summed E-state index contributed by atoms with van der Waals surface area (Å²) in [6.07, 6.45) is 1.88. The largest absolute Gasteiger partial charge is 0.338 e. The maximum Gasteiger partial charge on any atom is 0.235 e. The van der Waals surface area contributed by atoms with E-state index in [1.165, 1.54) is 0 Å². The molecule has 5 heteroatoms. The summed E-state index contributed by atoms with van der Waals surface area (Å²) >= 11 is 0. The molecule has 6 rings (SSSR count). The molecule has 2 fully saturated rings. The standard InChI is InChI=1S/C22H24N4O/c1-11-17-12(2)22(13(3)18(11)19(17)22)21(27)26-10-14-9-23-25(4)20(14)24-15-7-5-6-8-16(15)26/h5-9,12-13,17,19,24H,10H2,1-4H3. The highest BCUT2D eigenvalue weighted by molar-refractivity contribution is 6.05. The smallest absolute Gasteiger partial charge is 0.235 e. The number of allylic oxidation sites excluding steroid dienone is 2. The fourth-order valence-corrected chi connectivity index (χ4v) is 6.79. The molecule has 1 amide bonds. The first-order valence-corrected chi connectivity index (χ1v) is 9.87. The molecule has 2 saturated carbocycles. The van der Waals surface area contributed by atoms with Crippen LogP contribution in [0.15, 0.2) is 41.6 Å². The molecule has 0 radical (unpaired) electrons. The summed E-state index contributed by atoms with van der Waals surface area (Å²) in [4.78, 5) is 16.1. The molecule has 5 nitrogen and oxygen atoms in total. The number of carbonyl (C=O) groups is 1. The second kappa shape index (κ2) is 4.64. The lowest BCUT2D eigenvalue weighted by molar-refractivity contribution is -0.205. The molecule has 1 aromatic heterocycles. The second-order valence-electron chi connectivity index (χ2n) is 8.76. The van der Waals surface area contributed by atoms with Gasteiger partial charge in [-0.25, -0.2) is 0 Å². The topological polar surface area (TPSA) is 50.2 Å².